The molecule has 5 atom stereocenters. The van der Waals surface area contributed by atoms with Gasteiger partial charge in [0.05, 0.1) is 52.8 Å². The number of halogens is 4. The van der Waals surface area contributed by atoms with Crippen LogP contribution in [0.2, 0.25) is 0 Å². The van der Waals surface area contributed by atoms with Gasteiger partial charge in [0.2, 0.25) is 0 Å². The molecule has 0 aliphatic carbocycles. The van der Waals surface area contributed by atoms with E-state index in [-0.39, 0.29) is 36.1 Å². The summed E-state index contributed by atoms with van der Waals surface area (Å²) >= 11 is 0. The second kappa shape index (κ2) is 13.9. The molecule has 0 bridgehead atoms. The summed E-state index contributed by atoms with van der Waals surface area (Å²) in [5.74, 6) is -0.934. The van der Waals surface area contributed by atoms with Gasteiger partial charge in [-0.2, -0.15) is 0 Å². The Bertz CT molecular complexity index is 2240. The van der Waals surface area contributed by atoms with Gasteiger partial charge in [-0.25, -0.2) is 27.5 Å². The van der Waals surface area contributed by atoms with Gasteiger partial charge in [0.1, 0.15) is 35.1 Å². The van der Waals surface area contributed by atoms with Crippen LogP contribution in [-0.2, 0) is 4.74 Å². The number of ether oxygens (including phenoxy) is 1. The molecule has 9 nitrogen and oxygen atoms in total. The molecule has 4 aromatic carbocycles. The number of morpholine rings is 1. The Labute approximate surface area is 315 Å². The minimum absolute atomic E-state index is 0.0653. The van der Waals surface area contributed by atoms with Crippen molar-refractivity contribution >= 4 is 33.4 Å². The number of hydrogen-bond donors (Lipinski definition) is 4. The fraction of sp³-hybridized carbons (Fsp3) is 0.381. The minimum atomic E-state index is -0.746. The Morgan fingerprint density at radius 1 is 0.655 bits per heavy atom. The molecule has 0 radical (unpaired) electrons. The molecule has 6 aromatic rings. The number of aromatic amines is 2. The van der Waals surface area contributed by atoms with Crippen molar-refractivity contribution in [3.8, 4) is 0 Å². The van der Waals surface area contributed by atoms with Crippen molar-refractivity contribution in [2.75, 3.05) is 42.6 Å². The Morgan fingerprint density at radius 2 is 1.22 bits per heavy atom. The number of aromatic nitrogens is 4. The Kier molecular flexibility index (Phi) is 8.75. The molecule has 13 heteroatoms. The number of rotatable bonds is 7. The van der Waals surface area contributed by atoms with Gasteiger partial charge in [0.15, 0.2) is 11.6 Å². The summed E-state index contributed by atoms with van der Waals surface area (Å²) in [5.41, 5.74) is 4.07. The Hall–Kier alpha value is -4.98. The highest BCUT2D eigenvalue weighted by atomic mass is 19.1. The lowest BCUT2D eigenvalue weighted by Crippen LogP contribution is -2.39. The van der Waals surface area contributed by atoms with Crippen molar-refractivity contribution in [2.45, 2.75) is 68.8 Å². The molecular weight excluding hydrogens is 709 g/mol. The number of anilines is 2. The predicted octanol–water partition coefficient (Wildman–Crippen LogP) is 8.51. The Balaban J connectivity index is 1.05. The number of benzene rings is 4. The van der Waals surface area contributed by atoms with Gasteiger partial charge in [-0.1, -0.05) is 30.3 Å². The number of nitrogens with one attached hydrogen (secondary N) is 4. The fourth-order valence-corrected chi connectivity index (χ4v) is 9.32. The van der Waals surface area contributed by atoms with E-state index in [0.29, 0.717) is 59.2 Å². The zero-order valence-corrected chi connectivity index (χ0v) is 30.2. The molecule has 284 valence electrons. The van der Waals surface area contributed by atoms with Crippen LogP contribution < -0.4 is 20.4 Å². The molecule has 6 heterocycles. The van der Waals surface area contributed by atoms with Crippen LogP contribution in [0, 0.1) is 23.3 Å². The zero-order valence-electron chi connectivity index (χ0n) is 30.2. The van der Waals surface area contributed by atoms with Crippen LogP contribution in [0.3, 0.4) is 0 Å². The standard InChI is InChI=1S/C42H42F4N8O/c43-27-20-35-33(49-41(51-35)31-8-4-12-47-31)18-25(27)37-10-11-38(26-19-34-36(21-28(26)44)52-42(50-34)32-9-5-13-48-32)54(37)24-16-29(45)40(30(46)17-24)53-14-15-55-39(22-53)23-6-2-1-3-7-23/h1-3,6-7,16-21,31-32,37-39,47-48H,4-5,8-15,22H2,(H,49,51)(H,50,52)/t31-,32-,37+,38+,39?/m0/s1. The van der Waals surface area contributed by atoms with Gasteiger partial charge in [-0.05, 0) is 81.4 Å². The lowest BCUT2D eigenvalue weighted by molar-refractivity contribution is 0.0393. The van der Waals surface area contributed by atoms with E-state index >= 15 is 17.6 Å². The molecule has 0 saturated carbocycles. The minimum Gasteiger partial charge on any atom is -0.370 e. The van der Waals surface area contributed by atoms with Crippen molar-refractivity contribution < 1.29 is 22.3 Å². The highest BCUT2D eigenvalue weighted by molar-refractivity contribution is 5.78. The zero-order chi connectivity index (χ0) is 37.2. The van der Waals surface area contributed by atoms with Crippen LogP contribution in [0.25, 0.3) is 22.1 Å². The maximum Gasteiger partial charge on any atom is 0.151 e. The number of fused-ring (bicyclic) bond motifs is 2. The van der Waals surface area contributed by atoms with Crippen molar-refractivity contribution in [1.82, 2.24) is 30.6 Å². The number of nitrogens with zero attached hydrogens (tertiary/aromatic N) is 4. The topological polar surface area (TPSA) is 97.1 Å². The van der Waals surface area contributed by atoms with Crippen LogP contribution in [0.1, 0.15) is 97.1 Å². The summed E-state index contributed by atoms with van der Waals surface area (Å²) in [7, 11) is 0. The third kappa shape index (κ3) is 6.22. The molecule has 2 aromatic heterocycles. The summed E-state index contributed by atoms with van der Waals surface area (Å²) in [6.45, 7) is 2.67. The first kappa shape index (κ1) is 34.5. The van der Waals surface area contributed by atoms with E-state index in [0.717, 1.165) is 56.0 Å². The van der Waals surface area contributed by atoms with Crippen LogP contribution in [0.15, 0.2) is 66.7 Å². The van der Waals surface area contributed by atoms with Gasteiger partial charge in [-0.15, -0.1) is 0 Å². The lowest BCUT2D eigenvalue weighted by Gasteiger charge is -2.36. The number of H-pyrrole nitrogens is 2. The molecule has 4 N–H and O–H groups in total. The largest absolute Gasteiger partial charge is 0.370 e. The average Bonchev–Trinajstić information content (AvgIpc) is 4.04. The molecule has 55 heavy (non-hydrogen) atoms. The van der Waals surface area contributed by atoms with E-state index in [1.165, 1.54) is 24.3 Å². The van der Waals surface area contributed by atoms with Gasteiger partial charge in [0, 0.05) is 42.0 Å². The highest BCUT2D eigenvalue weighted by Crippen LogP contribution is 2.50. The monoisotopic (exact) mass is 750 g/mol. The molecule has 4 aliphatic heterocycles. The van der Waals surface area contributed by atoms with Crippen molar-refractivity contribution in [1.29, 1.82) is 0 Å². The molecule has 4 aliphatic rings. The van der Waals surface area contributed by atoms with E-state index in [1.807, 2.05) is 30.3 Å². The van der Waals surface area contributed by atoms with E-state index in [2.05, 4.69) is 30.6 Å². The lowest BCUT2D eigenvalue weighted by atomic mass is 10.0. The van der Waals surface area contributed by atoms with Gasteiger partial charge < -0.3 is 35.1 Å². The van der Waals surface area contributed by atoms with Crippen LogP contribution in [-0.4, -0.2) is 52.7 Å². The van der Waals surface area contributed by atoms with Crippen LogP contribution >= 0.6 is 0 Å². The molecular formula is C42H42F4N8O. The molecule has 4 fully saturated rings. The summed E-state index contributed by atoms with van der Waals surface area (Å²) in [6.07, 6.45) is 4.42. The van der Waals surface area contributed by atoms with E-state index in [4.69, 9.17) is 4.74 Å². The molecule has 0 spiro atoms. The van der Waals surface area contributed by atoms with Crippen molar-refractivity contribution in [2.24, 2.45) is 0 Å². The second-order valence-electron chi connectivity index (χ2n) is 15.3. The number of hydrogen-bond acceptors (Lipinski definition) is 7. The molecule has 1 unspecified atom stereocenters. The number of imidazole rings is 2. The van der Waals surface area contributed by atoms with Crippen molar-refractivity contribution in [3.05, 3.63) is 118 Å². The summed E-state index contributed by atoms with van der Waals surface area (Å²) in [5, 5.41) is 6.86. The third-order valence-electron chi connectivity index (χ3n) is 12.0. The average molecular weight is 751 g/mol. The third-order valence-corrected chi connectivity index (χ3v) is 12.0. The highest BCUT2D eigenvalue weighted by Gasteiger charge is 2.40. The normalized spacial score (nSPS) is 24.5. The van der Waals surface area contributed by atoms with Gasteiger partial charge >= 0.3 is 0 Å². The van der Waals surface area contributed by atoms with Gasteiger partial charge in [0.25, 0.3) is 0 Å². The van der Waals surface area contributed by atoms with E-state index in [1.54, 1.807) is 21.9 Å². The Morgan fingerprint density at radius 3 is 1.75 bits per heavy atom. The maximum absolute atomic E-state index is 16.5. The summed E-state index contributed by atoms with van der Waals surface area (Å²) in [4.78, 5) is 19.6. The quantitative estimate of drug-likeness (QED) is 0.122. The van der Waals surface area contributed by atoms with Crippen LogP contribution in [0.5, 0.6) is 0 Å². The first-order valence-electron chi connectivity index (χ1n) is 19.4. The van der Waals surface area contributed by atoms with Gasteiger partial charge in [-0.3, -0.25) is 0 Å². The molecule has 0 amide bonds. The second-order valence-corrected chi connectivity index (χ2v) is 15.3. The fourth-order valence-electron chi connectivity index (χ4n) is 9.32. The summed E-state index contributed by atoms with van der Waals surface area (Å²) in [6, 6.07) is 17.4. The SMILES string of the molecule is Fc1cc2nc([C@@H]3CCCN3)[nH]c2cc1[C@H]1CC[C@H](c2cc3[nH]c([C@@H]4CCCN4)nc3cc2F)N1c1cc(F)c(N2CCOC(c3ccccc3)C2)c(F)c1. The smallest absolute Gasteiger partial charge is 0.151 e. The predicted molar refractivity (Wildman–Crippen MR) is 203 cm³/mol. The first-order valence-corrected chi connectivity index (χ1v) is 19.4. The van der Waals surface area contributed by atoms with E-state index in [9.17, 15) is 0 Å². The van der Waals surface area contributed by atoms with Crippen molar-refractivity contribution in [3.63, 3.8) is 0 Å². The summed E-state index contributed by atoms with van der Waals surface area (Å²) < 4.78 is 71.5. The van der Waals surface area contributed by atoms with E-state index < -0.39 is 35.4 Å². The van der Waals surface area contributed by atoms with Crippen LogP contribution in [0.4, 0.5) is 28.9 Å². The molecule has 10 rings (SSSR count). The maximum atomic E-state index is 16.5. The molecule has 4 saturated heterocycles. The first-order chi connectivity index (χ1) is 26.9.